The molecule has 0 aliphatic rings. The Morgan fingerprint density at radius 3 is 2.65 bits per heavy atom. The molecule has 2 rings (SSSR count). The van der Waals surface area contributed by atoms with Crippen LogP contribution in [0.3, 0.4) is 0 Å². The molecular formula is C12H14N4O. The first-order chi connectivity index (χ1) is 8.15. The molecule has 0 fully saturated rings. The lowest BCUT2D eigenvalue weighted by atomic mass is 10.1. The Morgan fingerprint density at radius 2 is 2.00 bits per heavy atom. The molecular weight excluding hydrogens is 216 g/mol. The number of nitrogen functional groups attached to an aromatic ring is 1. The lowest BCUT2D eigenvalue weighted by Gasteiger charge is -2.10. The minimum absolute atomic E-state index is 0.187. The van der Waals surface area contributed by atoms with Gasteiger partial charge in [0.25, 0.3) is 5.56 Å². The summed E-state index contributed by atoms with van der Waals surface area (Å²) in [6, 6.07) is 10.6. The molecule has 0 saturated heterocycles. The van der Waals surface area contributed by atoms with Gasteiger partial charge in [-0.25, -0.2) is 4.98 Å². The van der Waals surface area contributed by atoms with Crippen molar-refractivity contribution in [2.75, 3.05) is 5.73 Å². The average molecular weight is 230 g/mol. The van der Waals surface area contributed by atoms with Gasteiger partial charge in [-0.05, 0) is 12.0 Å². The van der Waals surface area contributed by atoms with Gasteiger partial charge in [0.15, 0.2) is 0 Å². The van der Waals surface area contributed by atoms with Crippen molar-refractivity contribution < 1.29 is 0 Å². The molecule has 0 aliphatic heterocycles. The molecule has 1 aromatic carbocycles. The van der Waals surface area contributed by atoms with E-state index in [-0.39, 0.29) is 17.4 Å². The minimum Gasteiger partial charge on any atom is -0.383 e. The van der Waals surface area contributed by atoms with E-state index in [1.165, 1.54) is 6.07 Å². The van der Waals surface area contributed by atoms with Crippen LogP contribution in [0.5, 0.6) is 0 Å². The summed E-state index contributed by atoms with van der Waals surface area (Å²) in [6.07, 6.45) is 0.604. The summed E-state index contributed by atoms with van der Waals surface area (Å²) in [4.78, 5) is 17.9. The molecule has 1 heterocycles. The topological polar surface area (TPSA) is 97.8 Å². The number of nitrogens with zero attached hydrogens (tertiary/aromatic N) is 1. The Balaban J connectivity index is 2.20. The molecule has 88 valence electrons. The Kier molecular flexibility index (Phi) is 3.20. The van der Waals surface area contributed by atoms with E-state index in [2.05, 4.69) is 9.97 Å². The molecule has 0 saturated carbocycles. The Bertz CT molecular complexity index is 550. The van der Waals surface area contributed by atoms with E-state index in [0.29, 0.717) is 12.2 Å². The summed E-state index contributed by atoms with van der Waals surface area (Å²) in [5.74, 6) is 0.603. The molecule has 0 radical (unpaired) electrons. The maximum Gasteiger partial charge on any atom is 0.253 e. The fourth-order valence-electron chi connectivity index (χ4n) is 1.64. The third-order valence-electron chi connectivity index (χ3n) is 2.43. The lowest BCUT2D eigenvalue weighted by Crippen LogP contribution is -2.21. The predicted octanol–water partition coefficient (Wildman–Crippen LogP) is 0.595. The van der Waals surface area contributed by atoms with Crippen LogP contribution in [0.25, 0.3) is 0 Å². The highest BCUT2D eigenvalue weighted by Gasteiger charge is 2.10. The second kappa shape index (κ2) is 4.80. The summed E-state index contributed by atoms with van der Waals surface area (Å²) in [5, 5.41) is 0. The van der Waals surface area contributed by atoms with Crippen molar-refractivity contribution in [3.63, 3.8) is 0 Å². The highest BCUT2D eigenvalue weighted by Crippen LogP contribution is 2.11. The van der Waals surface area contributed by atoms with Crippen molar-refractivity contribution in [1.29, 1.82) is 0 Å². The molecule has 0 amide bonds. The summed E-state index contributed by atoms with van der Waals surface area (Å²) >= 11 is 0. The number of anilines is 1. The van der Waals surface area contributed by atoms with Gasteiger partial charge < -0.3 is 16.5 Å². The van der Waals surface area contributed by atoms with Crippen molar-refractivity contribution >= 4 is 5.82 Å². The van der Waals surface area contributed by atoms with Crippen molar-refractivity contribution in [1.82, 2.24) is 9.97 Å². The lowest BCUT2D eigenvalue weighted by molar-refractivity contribution is 0.664. The van der Waals surface area contributed by atoms with Gasteiger partial charge in [-0.1, -0.05) is 30.3 Å². The van der Waals surface area contributed by atoms with Crippen LogP contribution >= 0.6 is 0 Å². The largest absolute Gasteiger partial charge is 0.383 e. The van der Waals surface area contributed by atoms with E-state index >= 15 is 0 Å². The molecule has 0 bridgehead atoms. The number of benzene rings is 1. The molecule has 0 aliphatic carbocycles. The third kappa shape index (κ3) is 2.92. The van der Waals surface area contributed by atoms with Gasteiger partial charge in [0.2, 0.25) is 0 Å². The van der Waals surface area contributed by atoms with Gasteiger partial charge in [-0.3, -0.25) is 4.79 Å². The highest BCUT2D eigenvalue weighted by atomic mass is 16.1. The molecule has 5 N–H and O–H groups in total. The number of H-pyrrole nitrogens is 1. The van der Waals surface area contributed by atoms with Crippen LogP contribution in [0.4, 0.5) is 5.82 Å². The van der Waals surface area contributed by atoms with E-state index < -0.39 is 0 Å². The summed E-state index contributed by atoms with van der Waals surface area (Å²) < 4.78 is 0. The zero-order valence-electron chi connectivity index (χ0n) is 9.26. The second-order valence-corrected chi connectivity index (χ2v) is 3.85. The predicted molar refractivity (Wildman–Crippen MR) is 66.3 cm³/mol. The SMILES string of the molecule is Nc1cc(=O)[nH]c(C(N)Cc2ccccc2)n1. The number of nitrogens with two attached hydrogens (primary N) is 2. The number of rotatable bonds is 3. The third-order valence-corrected chi connectivity index (χ3v) is 2.43. The molecule has 5 nitrogen and oxygen atoms in total. The van der Waals surface area contributed by atoms with Gasteiger partial charge in [0.1, 0.15) is 11.6 Å². The van der Waals surface area contributed by atoms with Crippen LogP contribution < -0.4 is 17.0 Å². The molecule has 1 unspecified atom stereocenters. The first kappa shape index (κ1) is 11.3. The smallest absolute Gasteiger partial charge is 0.253 e. The van der Waals surface area contributed by atoms with Gasteiger partial charge in [-0.2, -0.15) is 0 Å². The monoisotopic (exact) mass is 230 g/mol. The number of aromatic nitrogens is 2. The highest BCUT2D eigenvalue weighted by molar-refractivity contribution is 5.26. The van der Waals surface area contributed by atoms with Gasteiger partial charge in [-0.15, -0.1) is 0 Å². The molecule has 2 aromatic rings. The second-order valence-electron chi connectivity index (χ2n) is 3.85. The minimum atomic E-state index is -0.367. The molecule has 0 spiro atoms. The van der Waals surface area contributed by atoms with Crippen molar-refractivity contribution in [3.05, 3.63) is 58.1 Å². The van der Waals surface area contributed by atoms with Crippen LogP contribution in [-0.2, 0) is 6.42 Å². The summed E-state index contributed by atoms with van der Waals surface area (Å²) in [5.41, 5.74) is 12.3. The maximum atomic E-state index is 11.2. The normalized spacial score (nSPS) is 12.3. The van der Waals surface area contributed by atoms with Crippen LogP contribution in [0.2, 0.25) is 0 Å². The van der Waals surface area contributed by atoms with Crippen LogP contribution in [0.15, 0.2) is 41.2 Å². The van der Waals surface area contributed by atoms with Crippen LogP contribution in [0, 0.1) is 0 Å². The first-order valence-corrected chi connectivity index (χ1v) is 5.31. The van der Waals surface area contributed by atoms with Crippen molar-refractivity contribution in [2.24, 2.45) is 5.73 Å². The Hall–Kier alpha value is -2.14. The fraction of sp³-hybridized carbons (Fsp3) is 0.167. The first-order valence-electron chi connectivity index (χ1n) is 5.31. The van der Waals surface area contributed by atoms with E-state index in [0.717, 1.165) is 5.56 Å². The summed E-state index contributed by atoms with van der Waals surface area (Å²) in [6.45, 7) is 0. The Labute approximate surface area is 98.5 Å². The van der Waals surface area contributed by atoms with E-state index in [4.69, 9.17) is 11.5 Å². The van der Waals surface area contributed by atoms with Gasteiger partial charge in [0, 0.05) is 6.07 Å². The average Bonchev–Trinajstić information content (AvgIpc) is 2.29. The number of hydrogen-bond acceptors (Lipinski definition) is 4. The zero-order valence-corrected chi connectivity index (χ0v) is 9.26. The number of hydrogen-bond donors (Lipinski definition) is 3. The van der Waals surface area contributed by atoms with E-state index in [9.17, 15) is 4.79 Å². The molecule has 1 aromatic heterocycles. The maximum absolute atomic E-state index is 11.2. The Morgan fingerprint density at radius 1 is 1.29 bits per heavy atom. The number of aromatic amines is 1. The quantitative estimate of drug-likeness (QED) is 0.719. The van der Waals surface area contributed by atoms with Crippen LogP contribution in [-0.4, -0.2) is 9.97 Å². The van der Waals surface area contributed by atoms with Crippen molar-refractivity contribution in [2.45, 2.75) is 12.5 Å². The fourth-order valence-corrected chi connectivity index (χ4v) is 1.64. The van der Waals surface area contributed by atoms with E-state index in [1.807, 2.05) is 30.3 Å². The molecule has 5 heteroatoms. The van der Waals surface area contributed by atoms with E-state index in [1.54, 1.807) is 0 Å². The van der Waals surface area contributed by atoms with Crippen molar-refractivity contribution in [3.8, 4) is 0 Å². The number of nitrogens with one attached hydrogen (secondary N) is 1. The summed E-state index contributed by atoms with van der Waals surface area (Å²) in [7, 11) is 0. The zero-order chi connectivity index (χ0) is 12.3. The van der Waals surface area contributed by atoms with Gasteiger partial charge in [0.05, 0.1) is 6.04 Å². The van der Waals surface area contributed by atoms with Gasteiger partial charge >= 0.3 is 0 Å². The standard InChI is InChI=1S/C12H14N4O/c13-9(6-8-4-2-1-3-5-8)12-15-10(14)7-11(17)16-12/h1-5,7,9H,6,13H2,(H3,14,15,16,17). The molecule has 17 heavy (non-hydrogen) atoms. The molecule has 1 atom stereocenters. The van der Waals surface area contributed by atoms with Crippen LogP contribution in [0.1, 0.15) is 17.4 Å².